The average Bonchev–Trinajstić information content (AvgIpc) is 3.59. The first-order valence-electron chi connectivity index (χ1n) is 15.8. The van der Waals surface area contributed by atoms with Crippen molar-refractivity contribution in [2.24, 2.45) is 0 Å². The fourth-order valence-corrected chi connectivity index (χ4v) is 7.75. The van der Waals surface area contributed by atoms with Crippen molar-refractivity contribution >= 4 is 39.1 Å². The smallest absolute Gasteiger partial charge is 0.264 e. The minimum atomic E-state index is -4.20. The Kier molecular flexibility index (Phi) is 11.2. The summed E-state index contributed by atoms with van der Waals surface area (Å²) in [5.74, 6) is -0.184. The standard InChI is InChI=1S/C37H40ClN3O5S/c1-27-22-30(38)20-21-34(27)41(47(44,45)33-18-7-4-8-19-33)26-36(42)40(25-29-14-11-17-32(23-29)46-2)35(24-28-12-5-3-6-13-28)37(43)39-31-15-9-10-16-31/h3-8,11-14,17-23,31,35H,9-10,15-16,24-26H2,1-2H3,(H,39,43)/t35-/m1/s1. The summed E-state index contributed by atoms with van der Waals surface area (Å²) in [6, 6.07) is 28.8. The predicted molar refractivity (Wildman–Crippen MR) is 185 cm³/mol. The highest BCUT2D eigenvalue weighted by Gasteiger charge is 2.36. The maximum absolute atomic E-state index is 14.7. The second kappa shape index (κ2) is 15.5. The average molecular weight is 674 g/mol. The molecule has 47 heavy (non-hydrogen) atoms. The third kappa shape index (κ3) is 8.53. The number of nitrogens with one attached hydrogen (secondary N) is 1. The number of carbonyl (C=O) groups excluding carboxylic acids is 2. The number of benzene rings is 4. The molecule has 0 spiro atoms. The lowest BCUT2D eigenvalue weighted by molar-refractivity contribution is -0.140. The molecule has 0 heterocycles. The summed E-state index contributed by atoms with van der Waals surface area (Å²) < 4.78 is 35.0. The van der Waals surface area contributed by atoms with Crippen LogP contribution in [0.3, 0.4) is 0 Å². The van der Waals surface area contributed by atoms with Crippen LogP contribution in [-0.4, -0.2) is 50.9 Å². The lowest BCUT2D eigenvalue weighted by atomic mass is 10.0. The van der Waals surface area contributed by atoms with E-state index in [1.807, 2.05) is 48.5 Å². The Balaban J connectivity index is 1.59. The molecule has 5 rings (SSSR count). The van der Waals surface area contributed by atoms with E-state index in [1.165, 1.54) is 17.0 Å². The van der Waals surface area contributed by atoms with Crippen molar-refractivity contribution in [2.45, 2.75) is 62.6 Å². The van der Waals surface area contributed by atoms with Gasteiger partial charge in [-0.1, -0.05) is 85.1 Å². The summed E-state index contributed by atoms with van der Waals surface area (Å²) in [6.07, 6.45) is 4.08. The van der Waals surface area contributed by atoms with Crippen molar-refractivity contribution < 1.29 is 22.7 Å². The number of sulfonamides is 1. The van der Waals surface area contributed by atoms with Crippen LogP contribution < -0.4 is 14.4 Å². The van der Waals surface area contributed by atoms with Crippen molar-refractivity contribution in [3.63, 3.8) is 0 Å². The molecule has 0 aromatic heterocycles. The van der Waals surface area contributed by atoms with E-state index >= 15 is 0 Å². The number of amides is 2. The minimum Gasteiger partial charge on any atom is -0.497 e. The summed E-state index contributed by atoms with van der Waals surface area (Å²) in [4.78, 5) is 30.4. The summed E-state index contributed by atoms with van der Waals surface area (Å²) in [5.41, 5.74) is 2.53. The molecule has 0 unspecified atom stereocenters. The molecule has 8 nitrogen and oxygen atoms in total. The predicted octanol–water partition coefficient (Wildman–Crippen LogP) is 6.55. The van der Waals surface area contributed by atoms with Gasteiger partial charge < -0.3 is 15.0 Å². The van der Waals surface area contributed by atoms with Gasteiger partial charge in [0.1, 0.15) is 18.3 Å². The van der Waals surface area contributed by atoms with Gasteiger partial charge in [-0.3, -0.25) is 13.9 Å². The number of methoxy groups -OCH3 is 1. The molecule has 2 amide bonds. The number of anilines is 1. The van der Waals surface area contributed by atoms with Crippen molar-refractivity contribution in [2.75, 3.05) is 18.0 Å². The molecule has 1 aliphatic rings. The molecule has 1 N–H and O–H groups in total. The molecule has 0 bridgehead atoms. The zero-order chi connectivity index (χ0) is 33.4. The SMILES string of the molecule is COc1cccc(CN(C(=O)CN(c2ccc(Cl)cc2C)S(=O)(=O)c2ccccc2)[C@H](Cc2ccccc2)C(=O)NC2CCCC2)c1. The maximum Gasteiger partial charge on any atom is 0.264 e. The molecule has 0 saturated heterocycles. The highest BCUT2D eigenvalue weighted by atomic mass is 35.5. The summed E-state index contributed by atoms with van der Waals surface area (Å²) >= 11 is 6.25. The van der Waals surface area contributed by atoms with Crippen LogP contribution in [-0.2, 0) is 32.6 Å². The number of rotatable bonds is 13. The van der Waals surface area contributed by atoms with Gasteiger partial charge in [-0.25, -0.2) is 8.42 Å². The van der Waals surface area contributed by atoms with Crippen molar-refractivity contribution in [3.05, 3.63) is 125 Å². The molecular weight excluding hydrogens is 634 g/mol. The van der Waals surface area contributed by atoms with E-state index in [1.54, 1.807) is 56.5 Å². The van der Waals surface area contributed by atoms with Crippen LogP contribution in [0.4, 0.5) is 5.69 Å². The number of halogens is 1. The zero-order valence-corrected chi connectivity index (χ0v) is 28.2. The van der Waals surface area contributed by atoms with Crippen LogP contribution in [0, 0.1) is 6.92 Å². The molecule has 1 aliphatic carbocycles. The van der Waals surface area contributed by atoms with E-state index in [-0.39, 0.29) is 29.8 Å². The molecule has 246 valence electrons. The van der Waals surface area contributed by atoms with E-state index in [4.69, 9.17) is 16.3 Å². The van der Waals surface area contributed by atoms with E-state index in [9.17, 15) is 18.0 Å². The highest BCUT2D eigenvalue weighted by Crippen LogP contribution is 2.30. The van der Waals surface area contributed by atoms with E-state index < -0.39 is 28.5 Å². The van der Waals surface area contributed by atoms with Crippen LogP contribution >= 0.6 is 11.6 Å². The topological polar surface area (TPSA) is 96.0 Å². The lowest BCUT2D eigenvalue weighted by Gasteiger charge is -2.34. The van der Waals surface area contributed by atoms with E-state index in [2.05, 4.69) is 5.32 Å². The van der Waals surface area contributed by atoms with Crippen LogP contribution in [0.2, 0.25) is 5.02 Å². The van der Waals surface area contributed by atoms with Crippen molar-refractivity contribution in [1.29, 1.82) is 0 Å². The van der Waals surface area contributed by atoms with Crippen LogP contribution in [0.25, 0.3) is 0 Å². The fourth-order valence-electron chi connectivity index (χ4n) is 6.02. The summed E-state index contributed by atoms with van der Waals surface area (Å²) in [7, 11) is -2.64. The van der Waals surface area contributed by atoms with E-state index in [0.29, 0.717) is 22.0 Å². The monoisotopic (exact) mass is 673 g/mol. The Morgan fingerprint density at radius 1 is 0.894 bits per heavy atom. The van der Waals surface area contributed by atoms with Gasteiger partial charge in [0.05, 0.1) is 17.7 Å². The second-order valence-electron chi connectivity index (χ2n) is 11.8. The van der Waals surface area contributed by atoms with Gasteiger partial charge in [0.25, 0.3) is 10.0 Å². The van der Waals surface area contributed by atoms with Crippen molar-refractivity contribution in [1.82, 2.24) is 10.2 Å². The van der Waals surface area contributed by atoms with Gasteiger partial charge in [0.15, 0.2) is 0 Å². The quantitative estimate of drug-likeness (QED) is 0.174. The largest absolute Gasteiger partial charge is 0.497 e. The van der Waals surface area contributed by atoms with Gasteiger partial charge in [-0.2, -0.15) is 0 Å². The number of aryl methyl sites for hydroxylation is 1. The molecule has 1 fully saturated rings. The number of hydrogen-bond donors (Lipinski definition) is 1. The highest BCUT2D eigenvalue weighted by molar-refractivity contribution is 7.92. The van der Waals surface area contributed by atoms with Gasteiger partial charge in [-0.15, -0.1) is 0 Å². The van der Waals surface area contributed by atoms with Gasteiger partial charge in [0.2, 0.25) is 11.8 Å². The first-order valence-corrected chi connectivity index (χ1v) is 17.6. The Bertz CT molecular complexity index is 1780. The molecular formula is C37H40ClN3O5S. The number of hydrogen-bond acceptors (Lipinski definition) is 5. The number of nitrogens with zero attached hydrogens (tertiary/aromatic N) is 2. The molecule has 4 aromatic carbocycles. The molecule has 0 radical (unpaired) electrons. The van der Waals surface area contributed by atoms with Gasteiger partial charge >= 0.3 is 0 Å². The van der Waals surface area contributed by atoms with Gasteiger partial charge in [-0.05, 0) is 78.9 Å². The Morgan fingerprint density at radius 3 is 2.21 bits per heavy atom. The summed E-state index contributed by atoms with van der Waals surface area (Å²) in [6.45, 7) is 1.27. The Hall–Kier alpha value is -4.34. The van der Waals surface area contributed by atoms with Gasteiger partial charge in [0, 0.05) is 24.0 Å². The van der Waals surface area contributed by atoms with Crippen LogP contribution in [0.1, 0.15) is 42.4 Å². The molecule has 1 saturated carbocycles. The Morgan fingerprint density at radius 2 is 1.55 bits per heavy atom. The van der Waals surface area contributed by atoms with E-state index in [0.717, 1.165) is 41.1 Å². The third-order valence-electron chi connectivity index (χ3n) is 8.50. The van der Waals surface area contributed by atoms with Crippen LogP contribution in [0.15, 0.2) is 108 Å². The zero-order valence-electron chi connectivity index (χ0n) is 26.6. The minimum absolute atomic E-state index is 0.0289. The number of carbonyl (C=O) groups is 2. The first-order chi connectivity index (χ1) is 22.7. The third-order valence-corrected chi connectivity index (χ3v) is 10.5. The normalized spacial score (nSPS) is 13.9. The fraction of sp³-hybridized carbons (Fsp3) is 0.297. The summed E-state index contributed by atoms with van der Waals surface area (Å²) in [5, 5.41) is 3.64. The first kappa shape index (κ1) is 34.0. The second-order valence-corrected chi connectivity index (χ2v) is 14.1. The molecule has 4 aromatic rings. The lowest BCUT2D eigenvalue weighted by Crippen LogP contribution is -2.54. The molecule has 0 aliphatic heterocycles. The van der Waals surface area contributed by atoms with Crippen LogP contribution in [0.5, 0.6) is 5.75 Å². The molecule has 1 atom stereocenters. The maximum atomic E-state index is 14.7. The van der Waals surface area contributed by atoms with Crippen molar-refractivity contribution in [3.8, 4) is 5.75 Å². The molecule has 10 heteroatoms. The Labute approximate surface area is 282 Å². The number of ether oxygens (including phenoxy) is 1.